The first-order valence-electron chi connectivity index (χ1n) is 5.24. The summed E-state index contributed by atoms with van der Waals surface area (Å²) in [4.78, 5) is 13.2. The molecule has 1 saturated heterocycles. The number of nitrogens with zero attached hydrogens (tertiary/aromatic N) is 1. The van der Waals surface area contributed by atoms with Gasteiger partial charge in [-0.3, -0.25) is 0 Å². The molecule has 1 aliphatic rings. The van der Waals surface area contributed by atoms with E-state index >= 15 is 0 Å². The Labute approximate surface area is 93.8 Å². The lowest BCUT2D eigenvalue weighted by Crippen LogP contribution is -2.53. The minimum absolute atomic E-state index is 0.243. The third kappa shape index (κ3) is 1.75. The molecule has 0 saturated carbocycles. The lowest BCUT2D eigenvalue weighted by Gasteiger charge is -2.40. The SMILES string of the molecule is COC(=O)C1CCN1c1ccc(C)c(F)c1. The van der Waals surface area contributed by atoms with Crippen LogP contribution < -0.4 is 4.90 Å². The first-order chi connectivity index (χ1) is 7.63. The Morgan fingerprint density at radius 1 is 1.56 bits per heavy atom. The minimum Gasteiger partial charge on any atom is -0.467 e. The van der Waals surface area contributed by atoms with Crippen LogP contribution in [0.3, 0.4) is 0 Å². The lowest BCUT2D eigenvalue weighted by atomic mass is 10.0. The van der Waals surface area contributed by atoms with Crippen molar-refractivity contribution in [2.45, 2.75) is 19.4 Å². The Balaban J connectivity index is 2.19. The molecule has 1 aliphatic heterocycles. The number of benzene rings is 1. The maximum Gasteiger partial charge on any atom is 0.328 e. The van der Waals surface area contributed by atoms with E-state index in [9.17, 15) is 9.18 Å². The van der Waals surface area contributed by atoms with Gasteiger partial charge in [0.05, 0.1) is 7.11 Å². The van der Waals surface area contributed by atoms with E-state index in [2.05, 4.69) is 4.74 Å². The molecule has 0 N–H and O–H groups in total. The lowest BCUT2D eigenvalue weighted by molar-refractivity contribution is -0.143. The molecule has 1 atom stereocenters. The summed E-state index contributed by atoms with van der Waals surface area (Å²) in [5, 5.41) is 0. The molecule has 0 spiro atoms. The van der Waals surface area contributed by atoms with E-state index in [4.69, 9.17) is 0 Å². The van der Waals surface area contributed by atoms with Gasteiger partial charge in [-0.25, -0.2) is 9.18 Å². The Morgan fingerprint density at radius 2 is 2.31 bits per heavy atom. The molecule has 1 heterocycles. The van der Waals surface area contributed by atoms with Gasteiger partial charge in [-0.2, -0.15) is 0 Å². The minimum atomic E-state index is -0.257. The number of esters is 1. The van der Waals surface area contributed by atoms with Gasteiger partial charge in [-0.1, -0.05) is 6.07 Å². The number of aryl methyl sites for hydroxylation is 1. The molecule has 4 heteroatoms. The predicted octanol–water partition coefficient (Wildman–Crippen LogP) is 1.89. The Bertz CT molecular complexity index is 419. The van der Waals surface area contributed by atoms with Crippen LogP contribution in [0.1, 0.15) is 12.0 Å². The number of ether oxygens (including phenoxy) is 1. The second-order valence-corrected chi connectivity index (χ2v) is 3.95. The highest BCUT2D eigenvalue weighted by molar-refractivity contribution is 5.82. The van der Waals surface area contributed by atoms with Crippen molar-refractivity contribution in [1.29, 1.82) is 0 Å². The van der Waals surface area contributed by atoms with Gasteiger partial charge < -0.3 is 9.64 Å². The molecule has 1 aromatic rings. The Kier molecular flexibility index (Phi) is 2.81. The molecule has 3 nitrogen and oxygen atoms in total. The highest BCUT2D eigenvalue weighted by Gasteiger charge is 2.35. The summed E-state index contributed by atoms with van der Waals surface area (Å²) in [7, 11) is 1.37. The molecule has 0 radical (unpaired) electrons. The summed E-state index contributed by atoms with van der Waals surface area (Å²) in [5.74, 6) is -0.500. The van der Waals surface area contributed by atoms with Crippen LogP contribution >= 0.6 is 0 Å². The second-order valence-electron chi connectivity index (χ2n) is 3.95. The van der Waals surface area contributed by atoms with Crippen LogP contribution in [0.25, 0.3) is 0 Å². The van der Waals surface area contributed by atoms with Crippen molar-refractivity contribution in [3.05, 3.63) is 29.6 Å². The van der Waals surface area contributed by atoms with E-state index in [1.54, 1.807) is 13.0 Å². The fraction of sp³-hybridized carbons (Fsp3) is 0.417. The van der Waals surface area contributed by atoms with Gasteiger partial charge in [0, 0.05) is 12.2 Å². The van der Waals surface area contributed by atoms with Crippen molar-refractivity contribution in [1.82, 2.24) is 0 Å². The van der Waals surface area contributed by atoms with Gasteiger partial charge in [0.2, 0.25) is 0 Å². The van der Waals surface area contributed by atoms with Crippen molar-refractivity contribution >= 4 is 11.7 Å². The molecule has 1 fully saturated rings. The second kappa shape index (κ2) is 4.12. The smallest absolute Gasteiger partial charge is 0.328 e. The van der Waals surface area contributed by atoms with Crippen LogP contribution in [-0.4, -0.2) is 25.7 Å². The number of carbonyl (C=O) groups is 1. The van der Waals surface area contributed by atoms with Crippen LogP contribution in [0.4, 0.5) is 10.1 Å². The van der Waals surface area contributed by atoms with E-state index in [1.807, 2.05) is 11.0 Å². The van der Waals surface area contributed by atoms with E-state index in [0.717, 1.165) is 18.7 Å². The van der Waals surface area contributed by atoms with E-state index in [1.165, 1.54) is 13.2 Å². The summed E-state index contributed by atoms with van der Waals surface area (Å²) < 4.78 is 18.1. The van der Waals surface area contributed by atoms with Crippen molar-refractivity contribution in [3.8, 4) is 0 Å². The number of carbonyl (C=O) groups excluding carboxylic acids is 1. The molecule has 0 aliphatic carbocycles. The summed E-state index contributed by atoms with van der Waals surface area (Å²) in [6, 6.07) is 4.75. The molecule has 16 heavy (non-hydrogen) atoms. The quantitative estimate of drug-likeness (QED) is 0.717. The van der Waals surface area contributed by atoms with Gasteiger partial charge in [-0.15, -0.1) is 0 Å². The van der Waals surface area contributed by atoms with E-state index < -0.39 is 0 Å². The molecule has 0 amide bonds. The van der Waals surface area contributed by atoms with Gasteiger partial charge in [-0.05, 0) is 31.0 Å². The topological polar surface area (TPSA) is 29.5 Å². The summed E-state index contributed by atoms with van der Waals surface area (Å²) in [6.07, 6.45) is 0.766. The normalized spacial score (nSPS) is 19.2. The summed E-state index contributed by atoms with van der Waals surface area (Å²) in [6.45, 7) is 2.48. The highest BCUT2D eigenvalue weighted by Crippen LogP contribution is 2.28. The van der Waals surface area contributed by atoms with E-state index in [-0.39, 0.29) is 17.8 Å². The zero-order valence-electron chi connectivity index (χ0n) is 9.37. The van der Waals surface area contributed by atoms with Crippen molar-refractivity contribution in [2.24, 2.45) is 0 Å². The molecule has 0 bridgehead atoms. The fourth-order valence-electron chi connectivity index (χ4n) is 1.84. The number of rotatable bonds is 2. The Morgan fingerprint density at radius 3 is 2.81 bits per heavy atom. The van der Waals surface area contributed by atoms with Crippen LogP contribution in [0.5, 0.6) is 0 Å². The first-order valence-corrected chi connectivity index (χ1v) is 5.24. The van der Waals surface area contributed by atoms with Crippen LogP contribution in [-0.2, 0) is 9.53 Å². The maximum absolute atomic E-state index is 13.4. The average Bonchev–Trinajstić information content (AvgIpc) is 2.21. The first kappa shape index (κ1) is 10.9. The zero-order valence-corrected chi connectivity index (χ0v) is 9.37. The Hall–Kier alpha value is -1.58. The molecular weight excluding hydrogens is 209 g/mol. The van der Waals surface area contributed by atoms with Crippen LogP contribution in [0.15, 0.2) is 18.2 Å². The largest absolute Gasteiger partial charge is 0.467 e. The number of methoxy groups -OCH3 is 1. The molecule has 1 unspecified atom stereocenters. The maximum atomic E-state index is 13.4. The number of anilines is 1. The van der Waals surface area contributed by atoms with Gasteiger partial charge >= 0.3 is 5.97 Å². The third-order valence-corrected chi connectivity index (χ3v) is 2.98. The summed E-state index contributed by atoms with van der Waals surface area (Å²) in [5.41, 5.74) is 1.35. The highest BCUT2D eigenvalue weighted by atomic mass is 19.1. The predicted molar refractivity (Wildman–Crippen MR) is 58.9 cm³/mol. The average molecular weight is 223 g/mol. The fourth-order valence-corrected chi connectivity index (χ4v) is 1.84. The molecular formula is C12H14FNO2. The van der Waals surface area contributed by atoms with Crippen molar-refractivity contribution in [2.75, 3.05) is 18.6 Å². The van der Waals surface area contributed by atoms with Crippen LogP contribution in [0, 0.1) is 12.7 Å². The molecule has 0 aromatic heterocycles. The van der Waals surface area contributed by atoms with Crippen molar-refractivity contribution < 1.29 is 13.9 Å². The zero-order chi connectivity index (χ0) is 11.7. The monoisotopic (exact) mass is 223 g/mol. The number of hydrogen-bond acceptors (Lipinski definition) is 3. The molecule has 86 valence electrons. The molecule has 1 aromatic carbocycles. The van der Waals surface area contributed by atoms with Gasteiger partial charge in [0.15, 0.2) is 0 Å². The van der Waals surface area contributed by atoms with Crippen molar-refractivity contribution in [3.63, 3.8) is 0 Å². The summed E-state index contributed by atoms with van der Waals surface area (Å²) >= 11 is 0. The third-order valence-electron chi connectivity index (χ3n) is 2.98. The number of halogens is 1. The van der Waals surface area contributed by atoms with Crippen LogP contribution in [0.2, 0.25) is 0 Å². The standard InChI is InChI=1S/C12H14FNO2/c1-8-3-4-9(7-10(8)13)14-6-5-11(14)12(15)16-2/h3-4,7,11H,5-6H2,1-2H3. The van der Waals surface area contributed by atoms with Gasteiger partial charge in [0.1, 0.15) is 11.9 Å². The molecule has 2 rings (SSSR count). The van der Waals surface area contributed by atoms with E-state index in [0.29, 0.717) is 5.56 Å². The van der Waals surface area contributed by atoms with Gasteiger partial charge in [0.25, 0.3) is 0 Å². The number of hydrogen-bond donors (Lipinski definition) is 0.